The third-order valence-corrected chi connectivity index (χ3v) is 1.10. The first-order valence-corrected chi connectivity index (χ1v) is 2.67. The van der Waals surface area contributed by atoms with Gasteiger partial charge in [0.2, 0.25) is 0 Å². The van der Waals surface area contributed by atoms with Crippen LogP contribution in [0, 0.1) is 13.8 Å². The Morgan fingerprint density at radius 2 is 2.33 bits per heavy atom. The van der Waals surface area contributed by atoms with Gasteiger partial charge in [-0.2, -0.15) is 0 Å². The fourth-order valence-corrected chi connectivity index (χ4v) is 0.574. The van der Waals surface area contributed by atoms with Crippen molar-refractivity contribution < 1.29 is 5.11 Å². The van der Waals surface area contributed by atoms with Crippen LogP contribution in [0.1, 0.15) is 11.3 Å². The maximum absolute atomic E-state index is 9.00. The Kier molecular flexibility index (Phi) is 1.39. The lowest BCUT2D eigenvalue weighted by Crippen LogP contribution is -1.81. The molecule has 0 amide bonds. The lowest BCUT2D eigenvalue weighted by Gasteiger charge is -1.96. The van der Waals surface area contributed by atoms with Crippen molar-refractivity contribution in [2.45, 2.75) is 6.92 Å². The summed E-state index contributed by atoms with van der Waals surface area (Å²) in [6.07, 6.45) is 1.55. The average molecular weight is 122 g/mol. The zero-order chi connectivity index (χ0) is 6.85. The van der Waals surface area contributed by atoms with Crippen molar-refractivity contribution in [3.63, 3.8) is 0 Å². The van der Waals surface area contributed by atoms with Crippen LogP contribution in [0.2, 0.25) is 0 Å². The van der Waals surface area contributed by atoms with Crippen LogP contribution in [0.25, 0.3) is 0 Å². The van der Waals surface area contributed by atoms with E-state index in [1.165, 1.54) is 0 Å². The van der Waals surface area contributed by atoms with Crippen molar-refractivity contribution in [3.8, 4) is 5.75 Å². The second-order valence-corrected chi connectivity index (χ2v) is 1.95. The van der Waals surface area contributed by atoms with E-state index in [1.807, 2.05) is 6.92 Å². The van der Waals surface area contributed by atoms with Gasteiger partial charge in [0.1, 0.15) is 5.75 Å². The van der Waals surface area contributed by atoms with Crippen LogP contribution >= 0.6 is 0 Å². The summed E-state index contributed by atoms with van der Waals surface area (Å²) in [7, 11) is 0. The molecule has 0 spiro atoms. The maximum Gasteiger partial charge on any atom is 0.122 e. The van der Waals surface area contributed by atoms with Crippen molar-refractivity contribution in [1.29, 1.82) is 0 Å². The molecule has 0 atom stereocenters. The largest absolute Gasteiger partial charge is 0.508 e. The van der Waals surface area contributed by atoms with Crippen LogP contribution in [0.15, 0.2) is 12.3 Å². The summed E-state index contributed by atoms with van der Waals surface area (Å²) in [5.74, 6) is 0.211. The maximum atomic E-state index is 9.00. The molecule has 0 bridgehead atoms. The van der Waals surface area contributed by atoms with Crippen LogP contribution < -0.4 is 0 Å². The molecule has 1 aromatic heterocycles. The Bertz CT molecular complexity index is 220. The van der Waals surface area contributed by atoms with Crippen molar-refractivity contribution in [2.24, 2.45) is 0 Å². The molecular formula is C7H8NO. The molecule has 0 aliphatic heterocycles. The molecule has 1 aromatic rings. The molecule has 0 unspecified atom stereocenters. The molecule has 0 fully saturated rings. The Morgan fingerprint density at radius 1 is 1.67 bits per heavy atom. The van der Waals surface area contributed by atoms with E-state index in [9.17, 15) is 0 Å². The first-order valence-electron chi connectivity index (χ1n) is 2.67. The minimum absolute atomic E-state index is 0.211. The van der Waals surface area contributed by atoms with Gasteiger partial charge in [-0.05, 0) is 13.8 Å². The van der Waals surface area contributed by atoms with Gasteiger partial charge in [-0.25, -0.2) is 0 Å². The Balaban J connectivity index is 3.17. The Labute approximate surface area is 54.2 Å². The molecule has 0 saturated carbocycles. The summed E-state index contributed by atoms with van der Waals surface area (Å²) in [6, 6.07) is 1.59. The second-order valence-electron chi connectivity index (χ2n) is 1.95. The van der Waals surface area contributed by atoms with Gasteiger partial charge in [-0.15, -0.1) is 0 Å². The molecule has 1 radical (unpaired) electrons. The van der Waals surface area contributed by atoms with Crippen LogP contribution in [0.4, 0.5) is 0 Å². The van der Waals surface area contributed by atoms with Crippen LogP contribution in [0.5, 0.6) is 5.75 Å². The number of hydrogen-bond donors (Lipinski definition) is 1. The molecule has 0 saturated heterocycles. The van der Waals surface area contributed by atoms with E-state index in [2.05, 4.69) is 11.9 Å². The average Bonchev–Trinajstić information content (AvgIpc) is 1.80. The number of rotatable bonds is 0. The topological polar surface area (TPSA) is 33.1 Å². The lowest BCUT2D eigenvalue weighted by atomic mass is 10.2. The first-order chi connectivity index (χ1) is 4.20. The number of hydrogen-bond acceptors (Lipinski definition) is 2. The fraction of sp³-hybridized carbons (Fsp3) is 0.143. The Hall–Kier alpha value is -1.05. The highest BCUT2D eigenvalue weighted by Gasteiger charge is 1.93. The van der Waals surface area contributed by atoms with Crippen molar-refractivity contribution in [2.75, 3.05) is 0 Å². The minimum Gasteiger partial charge on any atom is -0.508 e. The number of aryl methyl sites for hydroxylation is 1. The normalized spacial score (nSPS) is 9.56. The first kappa shape index (κ1) is 6.08. The number of nitrogens with zero attached hydrogens (tertiary/aromatic N) is 1. The smallest absolute Gasteiger partial charge is 0.122 e. The van der Waals surface area contributed by atoms with Gasteiger partial charge in [0.25, 0.3) is 0 Å². The summed E-state index contributed by atoms with van der Waals surface area (Å²) in [5, 5.41) is 9.00. The van der Waals surface area contributed by atoms with E-state index in [-0.39, 0.29) is 5.75 Å². The number of aromatic nitrogens is 1. The van der Waals surface area contributed by atoms with Crippen LogP contribution in [-0.4, -0.2) is 10.1 Å². The molecule has 0 aliphatic carbocycles. The number of pyridine rings is 1. The molecule has 2 heteroatoms. The van der Waals surface area contributed by atoms with Gasteiger partial charge in [0.05, 0.1) is 0 Å². The zero-order valence-corrected chi connectivity index (χ0v) is 5.26. The fourth-order valence-electron chi connectivity index (χ4n) is 0.574. The quantitative estimate of drug-likeness (QED) is 0.562. The highest BCUT2D eigenvalue weighted by atomic mass is 16.3. The second kappa shape index (κ2) is 2.05. The third kappa shape index (κ3) is 1.19. The van der Waals surface area contributed by atoms with E-state index >= 15 is 0 Å². The molecule has 1 N–H and O–H groups in total. The van der Waals surface area contributed by atoms with Gasteiger partial charge in [-0.1, -0.05) is 0 Å². The number of aromatic hydroxyl groups is 1. The molecule has 1 rings (SSSR count). The van der Waals surface area contributed by atoms with Crippen molar-refractivity contribution in [1.82, 2.24) is 4.98 Å². The third-order valence-electron chi connectivity index (χ3n) is 1.10. The molecule has 2 nitrogen and oxygen atoms in total. The monoisotopic (exact) mass is 122 g/mol. The summed E-state index contributed by atoms with van der Waals surface area (Å²) < 4.78 is 0. The summed E-state index contributed by atoms with van der Waals surface area (Å²) in [4.78, 5) is 3.92. The van der Waals surface area contributed by atoms with Gasteiger partial charge in [0, 0.05) is 23.5 Å². The predicted molar refractivity (Wildman–Crippen MR) is 35.1 cm³/mol. The van der Waals surface area contributed by atoms with Gasteiger partial charge >= 0.3 is 0 Å². The molecule has 47 valence electrons. The van der Waals surface area contributed by atoms with E-state index in [0.29, 0.717) is 5.56 Å². The van der Waals surface area contributed by atoms with E-state index in [0.717, 1.165) is 5.69 Å². The van der Waals surface area contributed by atoms with E-state index in [4.69, 9.17) is 5.11 Å². The standard InChI is InChI=1S/C7H8NO/c1-5-4-8-6(2)3-7(5)9/h3-4H,1H2,2H3,(H,8,9). The van der Waals surface area contributed by atoms with Crippen LogP contribution in [0.3, 0.4) is 0 Å². The van der Waals surface area contributed by atoms with Gasteiger partial charge < -0.3 is 5.11 Å². The highest BCUT2D eigenvalue weighted by Crippen LogP contribution is 2.13. The van der Waals surface area contributed by atoms with Crippen LogP contribution in [-0.2, 0) is 0 Å². The molecule has 9 heavy (non-hydrogen) atoms. The SMILES string of the molecule is [CH2]c1cnc(C)cc1O. The lowest BCUT2D eigenvalue weighted by molar-refractivity contribution is 0.471. The van der Waals surface area contributed by atoms with E-state index in [1.54, 1.807) is 12.3 Å². The summed E-state index contributed by atoms with van der Waals surface area (Å²) in [6.45, 7) is 5.37. The molecule has 0 aromatic carbocycles. The minimum atomic E-state index is 0.211. The van der Waals surface area contributed by atoms with E-state index < -0.39 is 0 Å². The van der Waals surface area contributed by atoms with Gasteiger partial charge in [-0.3, -0.25) is 4.98 Å². The molecule has 0 aliphatic rings. The zero-order valence-electron chi connectivity index (χ0n) is 5.26. The molecule has 1 heterocycles. The molecular weight excluding hydrogens is 114 g/mol. The van der Waals surface area contributed by atoms with Crippen molar-refractivity contribution >= 4 is 0 Å². The summed E-state index contributed by atoms with van der Waals surface area (Å²) in [5.41, 5.74) is 1.38. The predicted octanol–water partition coefficient (Wildman–Crippen LogP) is 1.28. The van der Waals surface area contributed by atoms with Crippen molar-refractivity contribution in [3.05, 3.63) is 30.4 Å². The Morgan fingerprint density at radius 3 is 2.78 bits per heavy atom. The summed E-state index contributed by atoms with van der Waals surface area (Å²) >= 11 is 0. The van der Waals surface area contributed by atoms with Gasteiger partial charge in [0.15, 0.2) is 0 Å². The highest BCUT2D eigenvalue weighted by molar-refractivity contribution is 5.32.